The molecule has 0 radical (unpaired) electrons. The molecule has 1 heterocycles. The van der Waals surface area contributed by atoms with Crippen LogP contribution in [0.25, 0.3) is 0 Å². The summed E-state index contributed by atoms with van der Waals surface area (Å²) in [7, 11) is -1.07. The number of ether oxygens (including phenoxy) is 2. The standard InChI is InChI=1S/C13H22BrNO3Si/c1-5-18-13(16)12-8-11(14)9-15(12)10-17-6-7-19(2,3)4/h8-9H,5-7,10H2,1-4H3. The summed E-state index contributed by atoms with van der Waals surface area (Å²) in [6.07, 6.45) is 1.83. The molecule has 0 saturated heterocycles. The molecule has 0 aliphatic rings. The Morgan fingerprint density at radius 1 is 1.42 bits per heavy atom. The molecule has 0 saturated carbocycles. The number of carbonyl (C=O) groups is 1. The predicted molar refractivity (Wildman–Crippen MR) is 82.2 cm³/mol. The maximum absolute atomic E-state index is 11.8. The second kappa shape index (κ2) is 7.26. The normalized spacial score (nSPS) is 11.6. The van der Waals surface area contributed by atoms with Crippen molar-refractivity contribution in [3.63, 3.8) is 0 Å². The second-order valence-corrected chi connectivity index (χ2v) is 12.1. The van der Waals surface area contributed by atoms with Crippen LogP contribution < -0.4 is 0 Å². The van der Waals surface area contributed by atoms with E-state index in [9.17, 15) is 4.79 Å². The lowest BCUT2D eigenvalue weighted by Crippen LogP contribution is -2.22. The van der Waals surface area contributed by atoms with Crippen molar-refractivity contribution in [3.05, 3.63) is 22.4 Å². The van der Waals surface area contributed by atoms with E-state index in [1.54, 1.807) is 17.6 Å². The van der Waals surface area contributed by atoms with Crippen molar-refractivity contribution in [2.45, 2.75) is 39.3 Å². The number of hydrogen-bond acceptors (Lipinski definition) is 3. The van der Waals surface area contributed by atoms with Crippen LogP contribution in [0.3, 0.4) is 0 Å². The summed E-state index contributed by atoms with van der Waals surface area (Å²) in [6.45, 7) is 10.2. The molecule has 0 aromatic carbocycles. The Labute approximate surface area is 124 Å². The number of hydrogen-bond donors (Lipinski definition) is 0. The van der Waals surface area contributed by atoms with Crippen LogP contribution in [-0.4, -0.2) is 31.8 Å². The molecule has 0 atom stereocenters. The first-order valence-corrected chi connectivity index (χ1v) is 10.9. The molecule has 19 heavy (non-hydrogen) atoms. The predicted octanol–water partition coefficient (Wildman–Crippen LogP) is 3.74. The Morgan fingerprint density at radius 3 is 2.68 bits per heavy atom. The van der Waals surface area contributed by atoms with Crippen molar-refractivity contribution in [3.8, 4) is 0 Å². The molecule has 0 amide bonds. The average molecular weight is 348 g/mol. The zero-order valence-corrected chi connectivity index (χ0v) is 14.6. The minimum Gasteiger partial charge on any atom is -0.461 e. The fourth-order valence-electron chi connectivity index (χ4n) is 1.50. The lowest BCUT2D eigenvalue weighted by Gasteiger charge is -2.16. The fraction of sp³-hybridized carbons (Fsp3) is 0.615. The van der Waals surface area contributed by atoms with Crippen LogP contribution in [0.1, 0.15) is 17.4 Å². The van der Waals surface area contributed by atoms with Crippen molar-refractivity contribution >= 4 is 30.0 Å². The van der Waals surface area contributed by atoms with Gasteiger partial charge in [0.2, 0.25) is 0 Å². The van der Waals surface area contributed by atoms with Gasteiger partial charge in [0.15, 0.2) is 0 Å². The van der Waals surface area contributed by atoms with E-state index in [4.69, 9.17) is 9.47 Å². The van der Waals surface area contributed by atoms with E-state index in [0.29, 0.717) is 19.0 Å². The number of rotatable bonds is 7. The highest BCUT2D eigenvalue weighted by atomic mass is 79.9. The molecule has 108 valence electrons. The lowest BCUT2D eigenvalue weighted by atomic mass is 10.4. The second-order valence-electron chi connectivity index (χ2n) is 5.58. The third-order valence-corrected chi connectivity index (χ3v) is 4.71. The molecule has 1 rings (SSSR count). The van der Waals surface area contributed by atoms with Crippen LogP contribution in [0.2, 0.25) is 25.7 Å². The quantitative estimate of drug-likeness (QED) is 0.428. The van der Waals surface area contributed by atoms with Crippen LogP contribution >= 0.6 is 15.9 Å². The Hall–Kier alpha value is -0.593. The smallest absolute Gasteiger partial charge is 0.355 e. The van der Waals surface area contributed by atoms with E-state index >= 15 is 0 Å². The van der Waals surface area contributed by atoms with Gasteiger partial charge in [-0.25, -0.2) is 4.79 Å². The molecule has 0 spiro atoms. The molecular weight excluding hydrogens is 326 g/mol. The monoisotopic (exact) mass is 347 g/mol. The van der Waals surface area contributed by atoms with Gasteiger partial charge in [-0.2, -0.15) is 0 Å². The van der Waals surface area contributed by atoms with E-state index in [0.717, 1.165) is 17.1 Å². The highest BCUT2D eigenvalue weighted by molar-refractivity contribution is 9.10. The molecule has 1 aromatic rings. The van der Waals surface area contributed by atoms with Crippen LogP contribution in [0, 0.1) is 0 Å². The van der Waals surface area contributed by atoms with E-state index in [-0.39, 0.29) is 5.97 Å². The summed E-state index contributed by atoms with van der Waals surface area (Å²) in [5.74, 6) is -0.318. The third kappa shape index (κ3) is 5.93. The van der Waals surface area contributed by atoms with E-state index in [1.807, 2.05) is 6.20 Å². The fourth-order valence-corrected chi connectivity index (χ4v) is 2.72. The Morgan fingerprint density at radius 2 is 2.11 bits per heavy atom. The van der Waals surface area contributed by atoms with Gasteiger partial charge in [0.05, 0.1) is 6.61 Å². The van der Waals surface area contributed by atoms with E-state index in [2.05, 4.69) is 35.6 Å². The summed E-state index contributed by atoms with van der Waals surface area (Å²) in [4.78, 5) is 11.8. The molecule has 1 aromatic heterocycles. The molecule has 0 bridgehead atoms. The Kier molecular flexibility index (Phi) is 6.29. The van der Waals surface area contributed by atoms with Gasteiger partial charge in [0, 0.05) is 25.4 Å². The van der Waals surface area contributed by atoms with E-state index < -0.39 is 8.07 Å². The van der Waals surface area contributed by atoms with Gasteiger partial charge in [-0.3, -0.25) is 0 Å². The highest BCUT2D eigenvalue weighted by Gasteiger charge is 2.15. The minimum atomic E-state index is -1.07. The first-order chi connectivity index (χ1) is 8.83. The lowest BCUT2D eigenvalue weighted by molar-refractivity contribution is 0.0473. The van der Waals surface area contributed by atoms with Gasteiger partial charge >= 0.3 is 5.97 Å². The first-order valence-electron chi connectivity index (χ1n) is 6.44. The van der Waals surface area contributed by atoms with Crippen LogP contribution in [0.4, 0.5) is 0 Å². The molecule has 0 unspecified atom stereocenters. The maximum Gasteiger partial charge on any atom is 0.355 e. The first kappa shape index (κ1) is 16.5. The number of carbonyl (C=O) groups excluding carboxylic acids is 1. The average Bonchev–Trinajstić information content (AvgIpc) is 2.65. The number of esters is 1. The Bertz CT molecular complexity index is 426. The largest absolute Gasteiger partial charge is 0.461 e. The van der Waals surface area contributed by atoms with Gasteiger partial charge < -0.3 is 14.0 Å². The van der Waals surface area contributed by atoms with Crippen LogP contribution in [0.15, 0.2) is 16.7 Å². The molecular formula is C13H22BrNO3Si. The summed E-state index contributed by atoms with van der Waals surface area (Å²) in [5, 5.41) is 0. The van der Waals surface area contributed by atoms with Gasteiger partial charge in [0.25, 0.3) is 0 Å². The van der Waals surface area contributed by atoms with Crippen molar-refractivity contribution < 1.29 is 14.3 Å². The van der Waals surface area contributed by atoms with Crippen molar-refractivity contribution in [1.29, 1.82) is 0 Å². The summed E-state index contributed by atoms with van der Waals surface area (Å²) >= 11 is 3.37. The zero-order valence-electron chi connectivity index (χ0n) is 12.0. The van der Waals surface area contributed by atoms with Crippen LogP contribution in [-0.2, 0) is 16.2 Å². The summed E-state index contributed by atoms with van der Waals surface area (Å²) in [6, 6.07) is 2.87. The van der Waals surface area contributed by atoms with Gasteiger partial charge in [-0.1, -0.05) is 19.6 Å². The topological polar surface area (TPSA) is 40.5 Å². The highest BCUT2D eigenvalue weighted by Crippen LogP contribution is 2.16. The number of aromatic nitrogens is 1. The zero-order chi connectivity index (χ0) is 14.5. The molecule has 0 aliphatic carbocycles. The van der Waals surface area contributed by atoms with Gasteiger partial charge in [-0.15, -0.1) is 0 Å². The van der Waals surface area contributed by atoms with Crippen LogP contribution in [0.5, 0.6) is 0 Å². The molecule has 0 aliphatic heterocycles. The Balaban J connectivity index is 2.56. The van der Waals surface area contributed by atoms with Gasteiger partial charge in [-0.05, 0) is 35.0 Å². The SMILES string of the molecule is CCOC(=O)c1cc(Br)cn1COCC[Si](C)(C)C. The maximum atomic E-state index is 11.8. The number of halogens is 1. The summed E-state index contributed by atoms with van der Waals surface area (Å²) in [5.41, 5.74) is 0.515. The molecule has 0 N–H and O–H groups in total. The third-order valence-electron chi connectivity index (χ3n) is 2.57. The van der Waals surface area contributed by atoms with Crippen molar-refractivity contribution in [1.82, 2.24) is 4.57 Å². The van der Waals surface area contributed by atoms with Crippen molar-refractivity contribution in [2.75, 3.05) is 13.2 Å². The molecule has 4 nitrogen and oxygen atoms in total. The molecule has 6 heteroatoms. The van der Waals surface area contributed by atoms with Crippen molar-refractivity contribution in [2.24, 2.45) is 0 Å². The minimum absolute atomic E-state index is 0.318. The van der Waals surface area contributed by atoms with Gasteiger partial charge in [0.1, 0.15) is 12.4 Å². The van der Waals surface area contributed by atoms with E-state index in [1.165, 1.54) is 0 Å². The molecule has 0 fully saturated rings. The number of nitrogens with zero attached hydrogens (tertiary/aromatic N) is 1. The summed E-state index contributed by atoms with van der Waals surface area (Å²) < 4.78 is 13.3.